The zero-order valence-corrected chi connectivity index (χ0v) is 19.6. The molecule has 9 nitrogen and oxygen atoms in total. The monoisotopic (exact) mass is 465 g/mol. The van der Waals surface area contributed by atoms with Gasteiger partial charge in [-0.15, -0.1) is 0 Å². The predicted octanol–water partition coefficient (Wildman–Crippen LogP) is 1.84. The molecule has 0 amide bonds. The van der Waals surface area contributed by atoms with E-state index in [1.165, 1.54) is 22.5 Å². The number of fused-ring (bicyclic) bond motifs is 4. The van der Waals surface area contributed by atoms with Gasteiger partial charge in [-0.2, -0.15) is 0 Å². The molecule has 0 radical (unpaired) electrons. The Balaban J connectivity index is 1.80. The largest absolute Gasteiger partial charge is 0.504 e. The average Bonchev–Trinajstić information content (AvgIpc) is 3.03. The molecule has 0 saturated heterocycles. The van der Waals surface area contributed by atoms with E-state index >= 15 is 0 Å². The van der Waals surface area contributed by atoms with Gasteiger partial charge in [-0.1, -0.05) is 25.1 Å². The predicted molar refractivity (Wildman–Crippen MR) is 123 cm³/mol. The summed E-state index contributed by atoms with van der Waals surface area (Å²) in [6.07, 6.45) is 3.46. The van der Waals surface area contributed by atoms with Crippen molar-refractivity contribution in [1.82, 2.24) is 13.9 Å². The molecule has 3 aliphatic rings. The molecule has 2 heterocycles. The van der Waals surface area contributed by atoms with Crippen LogP contribution in [0.15, 0.2) is 51.1 Å². The first-order valence-corrected chi connectivity index (χ1v) is 11.4. The number of phenolic OH excluding ortho intramolecular Hbond substituents is 1. The molecule has 1 fully saturated rings. The molecule has 1 aliphatic heterocycles. The van der Waals surface area contributed by atoms with Crippen LogP contribution in [0.3, 0.4) is 0 Å². The number of carbonyl (C=O) groups is 2. The summed E-state index contributed by atoms with van der Waals surface area (Å²) in [5.74, 6) is -1.56. The minimum absolute atomic E-state index is 0.0919. The SMILES string of the molecule is CCOc1cccc(C2C3=CCn4c(=O)n(C)c(=O)n4C3CC3C(=O)C(C)=CC(=O)C32C)c1O. The quantitative estimate of drug-likeness (QED) is 0.693. The average molecular weight is 466 g/mol. The Morgan fingerprint density at radius 1 is 1.18 bits per heavy atom. The maximum absolute atomic E-state index is 13.6. The van der Waals surface area contributed by atoms with Crippen LogP contribution in [-0.2, 0) is 23.2 Å². The number of phenols is 1. The number of aromatic nitrogens is 3. The number of hydrogen-bond donors (Lipinski definition) is 1. The number of ether oxygens (including phenoxy) is 1. The van der Waals surface area contributed by atoms with E-state index in [4.69, 9.17) is 4.74 Å². The molecule has 4 unspecified atom stereocenters. The molecule has 178 valence electrons. The highest BCUT2D eigenvalue weighted by Gasteiger charge is 2.59. The maximum Gasteiger partial charge on any atom is 0.347 e. The van der Waals surface area contributed by atoms with Gasteiger partial charge in [0.05, 0.1) is 24.6 Å². The highest BCUT2D eigenvalue weighted by molar-refractivity contribution is 6.13. The number of hydrogen-bond acceptors (Lipinski definition) is 6. The van der Waals surface area contributed by atoms with Crippen LogP contribution in [0.1, 0.15) is 44.7 Å². The Bertz CT molecular complexity index is 1420. The second-order valence-electron chi connectivity index (χ2n) is 9.46. The Kier molecular flexibility index (Phi) is 4.86. The lowest BCUT2D eigenvalue weighted by Crippen LogP contribution is -2.54. The molecule has 5 rings (SSSR count). The van der Waals surface area contributed by atoms with E-state index in [1.807, 2.05) is 13.0 Å². The standard InChI is InChI=1S/C25H27N3O6/c1-5-34-18-8-6-7-15(22(18)31)20-14-9-10-27-23(32)26(4)24(33)28(27)17(14)12-16-21(30)13(2)11-19(29)25(16,20)3/h6-9,11,16-17,20,31H,5,10,12H2,1-4H3. The van der Waals surface area contributed by atoms with Crippen molar-refractivity contribution in [2.45, 2.75) is 45.7 Å². The molecule has 0 spiro atoms. The number of allylic oxidation sites excluding steroid dienone is 4. The topological polar surface area (TPSA) is 113 Å². The summed E-state index contributed by atoms with van der Waals surface area (Å²) < 4.78 is 9.41. The van der Waals surface area contributed by atoms with Crippen LogP contribution in [0.4, 0.5) is 0 Å². The Morgan fingerprint density at radius 2 is 1.91 bits per heavy atom. The minimum atomic E-state index is -1.16. The molecule has 2 aromatic rings. The molecule has 1 saturated carbocycles. The van der Waals surface area contributed by atoms with Crippen molar-refractivity contribution in [2.75, 3.05) is 6.61 Å². The second-order valence-corrected chi connectivity index (χ2v) is 9.46. The van der Waals surface area contributed by atoms with Crippen LogP contribution in [0.2, 0.25) is 0 Å². The van der Waals surface area contributed by atoms with Crippen molar-refractivity contribution in [2.24, 2.45) is 18.4 Å². The Morgan fingerprint density at radius 3 is 2.62 bits per heavy atom. The second kappa shape index (κ2) is 7.44. The van der Waals surface area contributed by atoms with Crippen LogP contribution >= 0.6 is 0 Å². The van der Waals surface area contributed by atoms with Gasteiger partial charge in [0.2, 0.25) is 0 Å². The first kappa shape index (κ1) is 22.2. The highest BCUT2D eigenvalue weighted by atomic mass is 16.5. The van der Waals surface area contributed by atoms with Crippen molar-refractivity contribution < 1.29 is 19.4 Å². The van der Waals surface area contributed by atoms with E-state index in [0.29, 0.717) is 17.7 Å². The van der Waals surface area contributed by atoms with Gasteiger partial charge in [0.25, 0.3) is 0 Å². The number of ketones is 2. The minimum Gasteiger partial charge on any atom is -0.504 e. The van der Waals surface area contributed by atoms with Crippen molar-refractivity contribution >= 4 is 11.6 Å². The first-order valence-electron chi connectivity index (χ1n) is 11.4. The Hall–Kier alpha value is -3.62. The van der Waals surface area contributed by atoms with Gasteiger partial charge in [0, 0.05) is 24.4 Å². The number of Topliss-reactive ketones (excluding diaryl/α,β-unsaturated/α-hetero) is 1. The maximum atomic E-state index is 13.6. The van der Waals surface area contributed by atoms with Crippen LogP contribution in [-0.4, -0.2) is 37.2 Å². The fraction of sp³-hybridized carbons (Fsp3) is 0.440. The molecule has 34 heavy (non-hydrogen) atoms. The van der Waals surface area contributed by atoms with E-state index < -0.39 is 34.7 Å². The fourth-order valence-corrected chi connectivity index (χ4v) is 6.04. The van der Waals surface area contributed by atoms with E-state index in [2.05, 4.69) is 0 Å². The van der Waals surface area contributed by atoms with E-state index in [9.17, 15) is 24.3 Å². The van der Waals surface area contributed by atoms with Crippen molar-refractivity contribution in [3.63, 3.8) is 0 Å². The van der Waals surface area contributed by atoms with Gasteiger partial charge in [0.1, 0.15) is 0 Å². The molecule has 1 N–H and O–H groups in total. The number of rotatable bonds is 3. The number of benzene rings is 1. The summed E-state index contributed by atoms with van der Waals surface area (Å²) in [4.78, 5) is 52.6. The zero-order chi connectivity index (χ0) is 24.5. The number of aromatic hydroxyl groups is 1. The van der Waals surface area contributed by atoms with Crippen molar-refractivity contribution in [1.29, 1.82) is 0 Å². The van der Waals surface area contributed by atoms with Crippen LogP contribution in [0.5, 0.6) is 11.5 Å². The van der Waals surface area contributed by atoms with Gasteiger partial charge in [-0.25, -0.2) is 23.5 Å². The van der Waals surface area contributed by atoms with E-state index in [1.54, 1.807) is 32.0 Å². The smallest absolute Gasteiger partial charge is 0.347 e. The van der Waals surface area contributed by atoms with Crippen molar-refractivity contribution in [3.05, 3.63) is 68.0 Å². The third-order valence-electron chi connectivity index (χ3n) is 7.77. The lowest BCUT2D eigenvalue weighted by atomic mass is 9.51. The normalized spacial score (nSPS) is 27.9. The molecule has 0 bridgehead atoms. The number of carbonyl (C=O) groups excluding carboxylic acids is 2. The lowest BCUT2D eigenvalue weighted by molar-refractivity contribution is -0.139. The van der Waals surface area contributed by atoms with Gasteiger partial charge < -0.3 is 9.84 Å². The summed E-state index contributed by atoms with van der Waals surface area (Å²) >= 11 is 0. The molecule has 4 atom stereocenters. The van der Waals surface area contributed by atoms with Gasteiger partial charge in [0.15, 0.2) is 23.1 Å². The van der Waals surface area contributed by atoms with Gasteiger partial charge in [-0.05, 0) is 43.6 Å². The molecule has 1 aromatic heterocycles. The molecular weight excluding hydrogens is 438 g/mol. The first-order chi connectivity index (χ1) is 16.1. The molecule has 9 heteroatoms. The third kappa shape index (κ3) is 2.72. The summed E-state index contributed by atoms with van der Waals surface area (Å²) in [5.41, 5.74) is -0.500. The van der Waals surface area contributed by atoms with E-state index in [0.717, 1.165) is 10.1 Å². The fourth-order valence-electron chi connectivity index (χ4n) is 6.04. The zero-order valence-electron chi connectivity index (χ0n) is 19.6. The van der Waals surface area contributed by atoms with E-state index in [-0.39, 0.29) is 36.0 Å². The summed E-state index contributed by atoms with van der Waals surface area (Å²) in [6, 6.07) is 4.52. The molecular formula is C25H27N3O6. The molecule has 1 aromatic carbocycles. The van der Waals surface area contributed by atoms with Gasteiger partial charge >= 0.3 is 11.4 Å². The number of para-hydroxylation sites is 1. The number of nitrogens with zero attached hydrogens (tertiary/aromatic N) is 3. The Labute approximate surface area is 195 Å². The highest BCUT2D eigenvalue weighted by Crippen LogP contribution is 2.61. The lowest BCUT2D eigenvalue weighted by Gasteiger charge is -2.52. The van der Waals surface area contributed by atoms with Crippen LogP contribution in [0, 0.1) is 11.3 Å². The summed E-state index contributed by atoms with van der Waals surface area (Å²) in [5, 5.41) is 11.2. The van der Waals surface area contributed by atoms with Gasteiger partial charge in [-0.3, -0.25) is 9.59 Å². The summed E-state index contributed by atoms with van der Waals surface area (Å²) in [7, 11) is 1.42. The van der Waals surface area contributed by atoms with Crippen LogP contribution < -0.4 is 16.1 Å². The third-order valence-corrected chi connectivity index (χ3v) is 7.77. The molecule has 2 aliphatic carbocycles. The van der Waals surface area contributed by atoms with Crippen LogP contribution in [0.25, 0.3) is 0 Å². The van der Waals surface area contributed by atoms with Crippen molar-refractivity contribution in [3.8, 4) is 11.5 Å². The summed E-state index contributed by atoms with van der Waals surface area (Å²) in [6.45, 7) is 5.70.